The second kappa shape index (κ2) is 7.53. The van der Waals surface area contributed by atoms with Crippen molar-refractivity contribution in [3.8, 4) is 11.1 Å². The first-order chi connectivity index (χ1) is 12.7. The van der Waals surface area contributed by atoms with Crippen molar-refractivity contribution in [2.75, 3.05) is 19.7 Å². The highest BCUT2D eigenvalue weighted by atomic mass is 16.3. The molecule has 1 aromatic carbocycles. The number of aliphatic hydroxyl groups is 2. The predicted octanol–water partition coefficient (Wildman–Crippen LogP) is 1.96. The lowest BCUT2D eigenvalue weighted by Crippen LogP contribution is -2.38. The first-order valence-electron chi connectivity index (χ1n) is 9.13. The normalized spacial score (nSPS) is 17.6. The molecule has 3 aromatic rings. The Kier molecular flexibility index (Phi) is 4.97. The first kappa shape index (κ1) is 17.1. The van der Waals surface area contributed by atoms with Crippen LogP contribution in [0.15, 0.2) is 48.9 Å². The summed E-state index contributed by atoms with van der Waals surface area (Å²) in [6.45, 7) is 2.53. The number of fused-ring (bicyclic) bond motifs is 1. The summed E-state index contributed by atoms with van der Waals surface area (Å²) in [5, 5.41) is 23.3. The van der Waals surface area contributed by atoms with Gasteiger partial charge in [0.15, 0.2) is 5.65 Å². The summed E-state index contributed by atoms with van der Waals surface area (Å²) in [5.41, 5.74) is 4.15. The first-order valence-corrected chi connectivity index (χ1v) is 9.13. The molecule has 4 rings (SSSR count). The van der Waals surface area contributed by atoms with Crippen LogP contribution >= 0.6 is 0 Å². The average molecular weight is 352 g/mol. The fraction of sp³-hybridized carbons (Fsp3) is 0.400. The molecule has 6 nitrogen and oxygen atoms in total. The quantitative estimate of drug-likeness (QED) is 0.734. The maximum absolute atomic E-state index is 9.78. The third-order valence-electron chi connectivity index (χ3n) is 5.26. The molecule has 1 atom stereocenters. The molecule has 6 heteroatoms. The molecule has 1 saturated heterocycles. The number of benzene rings is 1. The summed E-state index contributed by atoms with van der Waals surface area (Å²) in [6.07, 6.45) is 7.08. The number of aromatic nitrogens is 3. The summed E-state index contributed by atoms with van der Waals surface area (Å²) >= 11 is 0. The van der Waals surface area contributed by atoms with Crippen molar-refractivity contribution < 1.29 is 10.2 Å². The van der Waals surface area contributed by atoms with Crippen LogP contribution in [0, 0.1) is 5.92 Å². The van der Waals surface area contributed by atoms with E-state index in [9.17, 15) is 5.11 Å². The highest BCUT2D eigenvalue weighted by Gasteiger charge is 2.24. The van der Waals surface area contributed by atoms with Crippen LogP contribution in [0.25, 0.3) is 16.8 Å². The van der Waals surface area contributed by atoms with Gasteiger partial charge in [0.1, 0.15) is 0 Å². The minimum atomic E-state index is -0.587. The van der Waals surface area contributed by atoms with Crippen molar-refractivity contribution in [1.82, 2.24) is 19.5 Å². The highest BCUT2D eigenvalue weighted by molar-refractivity contribution is 5.76. The molecular formula is C20H24N4O2. The second-order valence-electron chi connectivity index (χ2n) is 7.02. The molecule has 2 aromatic heterocycles. The van der Waals surface area contributed by atoms with E-state index < -0.39 is 6.10 Å². The van der Waals surface area contributed by atoms with E-state index in [4.69, 9.17) is 5.11 Å². The van der Waals surface area contributed by atoms with E-state index in [1.54, 1.807) is 0 Å². The molecule has 1 aliphatic heterocycles. The minimum absolute atomic E-state index is 0.145. The molecular weight excluding hydrogens is 328 g/mol. The summed E-state index contributed by atoms with van der Waals surface area (Å²) in [5.74, 6) is 0.205. The summed E-state index contributed by atoms with van der Waals surface area (Å²) in [7, 11) is 0. The smallest absolute Gasteiger partial charge is 0.162 e. The van der Waals surface area contributed by atoms with Crippen molar-refractivity contribution in [2.45, 2.75) is 25.5 Å². The highest BCUT2D eigenvalue weighted by Crippen LogP contribution is 2.24. The van der Waals surface area contributed by atoms with E-state index in [1.807, 2.05) is 41.3 Å². The van der Waals surface area contributed by atoms with Crippen LogP contribution in [-0.2, 0) is 6.54 Å². The van der Waals surface area contributed by atoms with E-state index in [-0.39, 0.29) is 12.5 Å². The predicted molar refractivity (Wildman–Crippen MR) is 99.5 cm³/mol. The molecule has 0 spiro atoms. The Balaban J connectivity index is 1.46. The molecule has 1 unspecified atom stereocenters. The van der Waals surface area contributed by atoms with Gasteiger partial charge in [0.2, 0.25) is 0 Å². The molecule has 136 valence electrons. The Morgan fingerprint density at radius 2 is 1.88 bits per heavy atom. The summed E-state index contributed by atoms with van der Waals surface area (Å²) in [6, 6.07) is 10.2. The third-order valence-corrected chi connectivity index (χ3v) is 5.26. The van der Waals surface area contributed by atoms with Gasteiger partial charge in [-0.1, -0.05) is 30.3 Å². The average Bonchev–Trinajstić information content (AvgIpc) is 3.12. The van der Waals surface area contributed by atoms with Gasteiger partial charge < -0.3 is 10.2 Å². The van der Waals surface area contributed by atoms with Gasteiger partial charge in [0, 0.05) is 30.1 Å². The largest absolute Gasteiger partial charge is 0.394 e. The standard InChI is InChI=1S/C20H24N4O2/c25-14-19(26)17-6-8-23(9-7-17)12-15-10-21-20-18(11-22-24(20)13-15)16-4-2-1-3-5-16/h1-5,10-11,13,17,19,25-26H,6-9,12,14H2. The lowest BCUT2D eigenvalue weighted by atomic mass is 9.91. The number of rotatable bonds is 5. The SMILES string of the molecule is OCC(O)C1CCN(Cc2cnc3c(-c4ccccc4)cnn3c2)CC1. The number of aliphatic hydroxyl groups excluding tert-OH is 2. The summed E-state index contributed by atoms with van der Waals surface area (Å²) in [4.78, 5) is 7.01. The minimum Gasteiger partial charge on any atom is -0.394 e. The molecule has 1 fully saturated rings. The van der Waals surface area contributed by atoms with Crippen LogP contribution in [0.2, 0.25) is 0 Å². The molecule has 0 aliphatic carbocycles. The Hall–Kier alpha value is -2.28. The van der Waals surface area contributed by atoms with Crippen LogP contribution in [0.4, 0.5) is 0 Å². The number of piperidine rings is 1. The Morgan fingerprint density at radius 1 is 1.12 bits per heavy atom. The number of hydrogen-bond donors (Lipinski definition) is 2. The van der Waals surface area contributed by atoms with Crippen LogP contribution in [0.3, 0.4) is 0 Å². The summed E-state index contributed by atoms with van der Waals surface area (Å²) < 4.78 is 1.85. The van der Waals surface area contributed by atoms with Crippen molar-refractivity contribution >= 4 is 5.65 Å². The van der Waals surface area contributed by atoms with Gasteiger partial charge in [-0.25, -0.2) is 9.50 Å². The molecule has 2 N–H and O–H groups in total. The lowest BCUT2D eigenvalue weighted by Gasteiger charge is -2.33. The molecule has 26 heavy (non-hydrogen) atoms. The van der Waals surface area contributed by atoms with Crippen molar-refractivity contribution in [3.63, 3.8) is 0 Å². The van der Waals surface area contributed by atoms with E-state index >= 15 is 0 Å². The topological polar surface area (TPSA) is 73.9 Å². The van der Waals surface area contributed by atoms with E-state index in [0.717, 1.165) is 54.8 Å². The Labute approximate surface area is 152 Å². The van der Waals surface area contributed by atoms with Crippen LogP contribution in [0.5, 0.6) is 0 Å². The van der Waals surface area contributed by atoms with Crippen LogP contribution in [-0.4, -0.2) is 55.5 Å². The Bertz CT molecular complexity index is 857. The molecule has 1 aliphatic rings. The zero-order valence-electron chi connectivity index (χ0n) is 14.7. The van der Waals surface area contributed by atoms with Crippen LogP contribution < -0.4 is 0 Å². The van der Waals surface area contributed by atoms with Crippen molar-refractivity contribution in [3.05, 3.63) is 54.5 Å². The molecule has 0 radical (unpaired) electrons. The number of likely N-dealkylation sites (tertiary alicyclic amines) is 1. The second-order valence-corrected chi connectivity index (χ2v) is 7.02. The monoisotopic (exact) mass is 352 g/mol. The van der Waals surface area contributed by atoms with Gasteiger partial charge in [-0.3, -0.25) is 4.90 Å². The van der Waals surface area contributed by atoms with Gasteiger partial charge >= 0.3 is 0 Å². The molecule has 0 bridgehead atoms. The lowest BCUT2D eigenvalue weighted by molar-refractivity contribution is 0.0171. The van der Waals surface area contributed by atoms with Gasteiger partial charge in [-0.15, -0.1) is 0 Å². The Morgan fingerprint density at radius 3 is 2.62 bits per heavy atom. The van der Waals surface area contributed by atoms with E-state index in [0.29, 0.717) is 0 Å². The zero-order valence-corrected chi connectivity index (χ0v) is 14.7. The van der Waals surface area contributed by atoms with Gasteiger partial charge in [0.05, 0.1) is 18.9 Å². The fourth-order valence-corrected chi connectivity index (χ4v) is 3.72. The third kappa shape index (κ3) is 3.49. The van der Waals surface area contributed by atoms with Crippen LogP contribution in [0.1, 0.15) is 18.4 Å². The number of hydrogen-bond acceptors (Lipinski definition) is 5. The maximum atomic E-state index is 9.78. The van der Waals surface area contributed by atoms with E-state index in [1.165, 1.54) is 0 Å². The van der Waals surface area contributed by atoms with Crippen molar-refractivity contribution in [1.29, 1.82) is 0 Å². The molecule has 0 saturated carbocycles. The fourth-order valence-electron chi connectivity index (χ4n) is 3.72. The zero-order chi connectivity index (χ0) is 17.9. The van der Waals surface area contributed by atoms with Crippen molar-refractivity contribution in [2.24, 2.45) is 5.92 Å². The van der Waals surface area contributed by atoms with Gasteiger partial charge in [0.25, 0.3) is 0 Å². The van der Waals surface area contributed by atoms with Gasteiger partial charge in [-0.2, -0.15) is 5.10 Å². The van der Waals surface area contributed by atoms with Gasteiger partial charge in [-0.05, 0) is 37.4 Å². The van der Waals surface area contributed by atoms with E-state index in [2.05, 4.69) is 27.1 Å². The number of nitrogens with zero attached hydrogens (tertiary/aromatic N) is 4. The molecule has 0 amide bonds. The maximum Gasteiger partial charge on any atom is 0.162 e. The molecule has 3 heterocycles.